The van der Waals surface area contributed by atoms with Gasteiger partial charge in [0.05, 0.1) is 35.9 Å². The van der Waals surface area contributed by atoms with E-state index in [9.17, 15) is 19.2 Å². The molecule has 238 valence electrons. The van der Waals surface area contributed by atoms with Crippen LogP contribution in [0.25, 0.3) is 16.8 Å². The molecule has 1 saturated heterocycles. The highest BCUT2D eigenvalue weighted by molar-refractivity contribution is 6.08. The number of fused-ring (bicyclic) bond motifs is 2. The highest BCUT2D eigenvalue weighted by atomic mass is 16.6. The number of likely N-dealkylation sites (N-methyl/N-ethyl adjacent to an activating group) is 1. The van der Waals surface area contributed by atoms with E-state index in [1.54, 1.807) is 22.5 Å². The number of aromatic nitrogens is 4. The minimum Gasteiger partial charge on any atom is -0.426 e. The summed E-state index contributed by atoms with van der Waals surface area (Å²) in [5.74, 6) is -1.33. The van der Waals surface area contributed by atoms with Gasteiger partial charge in [0.1, 0.15) is 5.75 Å². The highest BCUT2D eigenvalue weighted by Gasteiger charge is 2.29. The fourth-order valence-electron chi connectivity index (χ4n) is 5.53. The summed E-state index contributed by atoms with van der Waals surface area (Å²) < 4.78 is 14.6. The predicted octanol–water partition coefficient (Wildman–Crippen LogP) is 3.23. The van der Waals surface area contributed by atoms with Crippen LogP contribution in [0.3, 0.4) is 0 Å². The Balaban J connectivity index is 1.28. The molecule has 2 aromatic carbocycles. The fourth-order valence-corrected chi connectivity index (χ4v) is 5.53. The summed E-state index contributed by atoms with van der Waals surface area (Å²) in [7, 11) is 3.78. The molecule has 4 heterocycles. The molecule has 2 bridgehead atoms. The lowest BCUT2D eigenvalue weighted by Crippen LogP contribution is -2.47. The predicted molar refractivity (Wildman–Crippen MR) is 168 cm³/mol. The zero-order chi connectivity index (χ0) is 32.2. The molecule has 2 aliphatic rings. The van der Waals surface area contributed by atoms with Gasteiger partial charge in [0.2, 0.25) is 11.9 Å². The van der Waals surface area contributed by atoms with E-state index in [1.165, 1.54) is 18.3 Å². The van der Waals surface area contributed by atoms with Gasteiger partial charge in [-0.2, -0.15) is 5.10 Å². The average molecular weight is 626 g/mol. The second kappa shape index (κ2) is 13.4. The van der Waals surface area contributed by atoms with Gasteiger partial charge in [-0.05, 0) is 44.2 Å². The summed E-state index contributed by atoms with van der Waals surface area (Å²) in [6.07, 6.45) is 6.24. The highest BCUT2D eigenvalue weighted by Crippen LogP contribution is 2.42. The maximum absolute atomic E-state index is 13.9. The third-order valence-corrected chi connectivity index (χ3v) is 8.03. The maximum atomic E-state index is 13.9. The van der Waals surface area contributed by atoms with Gasteiger partial charge in [-0.25, -0.2) is 4.98 Å². The Morgan fingerprint density at radius 2 is 1.65 bits per heavy atom. The second-order valence-corrected chi connectivity index (χ2v) is 11.4. The van der Waals surface area contributed by atoms with Crippen molar-refractivity contribution >= 4 is 29.7 Å². The minimum atomic E-state index is -0.672. The number of imidazole rings is 1. The lowest BCUT2D eigenvalue weighted by atomic mass is 10.0. The van der Waals surface area contributed by atoms with Crippen LogP contribution in [0.4, 0.5) is 5.95 Å². The van der Waals surface area contributed by atoms with Gasteiger partial charge >= 0.3 is 11.9 Å². The van der Waals surface area contributed by atoms with E-state index in [-0.39, 0.29) is 47.3 Å². The number of carbonyl (C=O) groups excluding carboxylic acids is 4. The zero-order valence-corrected chi connectivity index (χ0v) is 25.8. The minimum absolute atomic E-state index is 0.0387. The Labute approximate surface area is 265 Å². The van der Waals surface area contributed by atoms with Crippen molar-refractivity contribution in [3.05, 3.63) is 72.3 Å². The molecule has 0 saturated carbocycles. The quantitative estimate of drug-likeness (QED) is 0.231. The molecule has 13 heteroatoms. The molecule has 6 rings (SSSR count). The first kappa shape index (κ1) is 30.7. The topological polar surface area (TPSA) is 141 Å². The van der Waals surface area contributed by atoms with Crippen LogP contribution in [0.5, 0.6) is 11.5 Å². The lowest BCUT2D eigenvalue weighted by molar-refractivity contribution is -0.140. The van der Waals surface area contributed by atoms with E-state index in [4.69, 9.17) is 14.5 Å². The summed E-state index contributed by atoms with van der Waals surface area (Å²) in [6.45, 7) is 3.21. The summed E-state index contributed by atoms with van der Waals surface area (Å²) >= 11 is 0. The first-order valence-electron chi connectivity index (χ1n) is 15.2. The molecule has 0 unspecified atom stereocenters. The van der Waals surface area contributed by atoms with Crippen LogP contribution < -0.4 is 14.8 Å². The van der Waals surface area contributed by atoms with E-state index >= 15 is 0 Å². The Kier molecular flexibility index (Phi) is 8.92. The molecule has 2 aliphatic heterocycles. The number of piperazine rings is 1. The maximum Gasteiger partial charge on any atom is 0.311 e. The van der Waals surface area contributed by atoms with E-state index in [2.05, 4.69) is 22.4 Å². The number of anilines is 1. The van der Waals surface area contributed by atoms with Crippen molar-refractivity contribution in [3.8, 4) is 28.3 Å². The van der Waals surface area contributed by atoms with E-state index < -0.39 is 17.8 Å². The fraction of sp³-hybridized carbons (Fsp3) is 0.333. The Morgan fingerprint density at radius 3 is 2.37 bits per heavy atom. The third-order valence-electron chi connectivity index (χ3n) is 8.03. The molecular weight excluding hydrogens is 590 g/mol. The smallest absolute Gasteiger partial charge is 0.311 e. The average Bonchev–Trinajstić information content (AvgIpc) is 3.66. The van der Waals surface area contributed by atoms with Crippen LogP contribution in [-0.4, -0.2) is 86.1 Å². The molecule has 2 amide bonds. The number of hydrogen-bond acceptors (Lipinski definition) is 9. The van der Waals surface area contributed by atoms with Crippen LogP contribution in [0.2, 0.25) is 0 Å². The largest absolute Gasteiger partial charge is 0.426 e. The number of amides is 2. The lowest BCUT2D eigenvalue weighted by Gasteiger charge is -2.32. The summed E-state index contributed by atoms with van der Waals surface area (Å²) in [5.41, 5.74) is 2.31. The number of ether oxygens (including phenoxy) is 2. The van der Waals surface area contributed by atoms with Gasteiger partial charge in [-0.15, -0.1) is 0 Å². The van der Waals surface area contributed by atoms with Crippen LogP contribution >= 0.6 is 0 Å². The van der Waals surface area contributed by atoms with Crippen molar-refractivity contribution in [1.29, 1.82) is 0 Å². The summed E-state index contributed by atoms with van der Waals surface area (Å²) in [5, 5.41) is 7.09. The number of nitrogens with zero attached hydrogens (tertiary/aromatic N) is 6. The Bertz CT molecular complexity index is 1770. The van der Waals surface area contributed by atoms with Crippen molar-refractivity contribution in [2.75, 3.05) is 38.5 Å². The molecular formula is C33H35N7O6. The van der Waals surface area contributed by atoms with Crippen molar-refractivity contribution in [2.45, 2.75) is 32.1 Å². The van der Waals surface area contributed by atoms with Gasteiger partial charge in [-0.3, -0.25) is 33.7 Å². The zero-order valence-electron chi connectivity index (χ0n) is 25.8. The Morgan fingerprint density at radius 1 is 0.913 bits per heavy atom. The van der Waals surface area contributed by atoms with Crippen molar-refractivity contribution in [1.82, 2.24) is 29.1 Å². The van der Waals surface area contributed by atoms with Crippen LogP contribution in [-0.2, 0) is 27.9 Å². The molecule has 1 N–H and O–H groups in total. The number of rotatable bonds is 8. The summed E-state index contributed by atoms with van der Waals surface area (Å²) in [4.78, 5) is 60.7. The van der Waals surface area contributed by atoms with Gasteiger partial charge < -0.3 is 19.3 Å². The number of benzene rings is 2. The van der Waals surface area contributed by atoms with Gasteiger partial charge in [0.15, 0.2) is 5.75 Å². The molecule has 46 heavy (non-hydrogen) atoms. The van der Waals surface area contributed by atoms with Crippen molar-refractivity contribution in [3.63, 3.8) is 0 Å². The molecule has 0 radical (unpaired) electrons. The van der Waals surface area contributed by atoms with Crippen molar-refractivity contribution < 1.29 is 28.7 Å². The second-order valence-electron chi connectivity index (χ2n) is 11.4. The standard InChI is InChI=1S/C33H35N7O6/c1-37-15-17-39(18-16-37)27(41)10-6-7-23-21-40(24-8-4-3-5-9-24)33(35-23)36-32(44)25-11-12-26-30(22-19-34-38(2)20-22)31(25)46-29(43)14-13-28(42)45-26/h3-5,8-9,11-12,19-21H,6-7,10,13-18H2,1-2H3,(H,35,36,44). The van der Waals surface area contributed by atoms with E-state index in [1.807, 2.05) is 41.4 Å². The number of carbonyl (C=O) groups is 4. The molecule has 1 fully saturated rings. The van der Waals surface area contributed by atoms with Crippen LogP contribution in [0, 0.1) is 0 Å². The van der Waals surface area contributed by atoms with E-state index in [0.717, 1.165) is 31.9 Å². The number of para-hydroxylation sites is 1. The van der Waals surface area contributed by atoms with Gasteiger partial charge in [0, 0.05) is 63.3 Å². The van der Waals surface area contributed by atoms with E-state index in [0.29, 0.717) is 30.5 Å². The van der Waals surface area contributed by atoms with Gasteiger partial charge in [-0.1, -0.05) is 18.2 Å². The van der Waals surface area contributed by atoms with Crippen LogP contribution in [0.1, 0.15) is 41.7 Å². The molecule has 0 atom stereocenters. The monoisotopic (exact) mass is 625 g/mol. The Hall–Kier alpha value is -5.30. The molecule has 0 spiro atoms. The number of hydrogen-bond donors (Lipinski definition) is 1. The number of aryl methyl sites for hydroxylation is 2. The van der Waals surface area contributed by atoms with Crippen molar-refractivity contribution in [2.24, 2.45) is 7.05 Å². The first-order chi connectivity index (χ1) is 22.2. The molecule has 13 nitrogen and oxygen atoms in total. The normalized spacial score (nSPS) is 15.4. The first-order valence-corrected chi connectivity index (χ1v) is 15.2. The van der Waals surface area contributed by atoms with Crippen LogP contribution in [0.15, 0.2) is 61.1 Å². The SMILES string of the molecule is CN1CCN(C(=O)CCCc2cn(-c3ccccc3)c(NC(=O)c3ccc4c(-c5cnn(C)c5)c3OC(=O)CCC(=O)O4)n2)CC1. The summed E-state index contributed by atoms with van der Waals surface area (Å²) in [6, 6.07) is 12.4. The third kappa shape index (κ3) is 6.84. The number of esters is 2. The molecule has 4 aromatic rings. The molecule has 0 aliphatic carbocycles. The van der Waals surface area contributed by atoms with Gasteiger partial charge in [0.25, 0.3) is 5.91 Å². The number of nitrogens with one attached hydrogen (secondary N) is 1. The molecule has 2 aromatic heterocycles.